The van der Waals surface area contributed by atoms with Gasteiger partial charge in [-0.2, -0.15) is 0 Å². The van der Waals surface area contributed by atoms with E-state index in [-0.39, 0.29) is 21.7 Å². The van der Waals surface area contributed by atoms with E-state index in [4.69, 9.17) is 9.72 Å². The second kappa shape index (κ2) is 15.6. The standard InChI is InChI=1S/C58H60N4O/c1-55(2,3)40-25-27-45(28-26-40)61-39-60(38-53(61)56(4,5)6)46-33-44(58(9,10)42-21-15-12-16-22-42)34-48(36-46)63-47-29-30-50-49-23-17-18-24-51(49)62(52(50)37-47)54-35-43(31-32-59-54)57(7,8)41-19-13-11-14-20-41/h11-38H,39H2,1-10H3. The van der Waals surface area contributed by atoms with Gasteiger partial charge < -0.3 is 14.5 Å². The summed E-state index contributed by atoms with van der Waals surface area (Å²) < 4.78 is 9.32. The minimum absolute atomic E-state index is 0.0861. The second-order valence-electron chi connectivity index (χ2n) is 20.3. The molecule has 0 saturated heterocycles. The third-order valence-electron chi connectivity index (χ3n) is 13.2. The molecule has 0 N–H and O–H groups in total. The fourth-order valence-electron chi connectivity index (χ4n) is 9.14. The predicted molar refractivity (Wildman–Crippen MR) is 265 cm³/mol. The van der Waals surface area contributed by atoms with Crippen LogP contribution in [0.4, 0.5) is 11.4 Å². The van der Waals surface area contributed by atoms with Crippen LogP contribution >= 0.6 is 0 Å². The Balaban J connectivity index is 1.14. The SMILES string of the molecule is CC(C)(C)C1=CN(c2cc(Oc3ccc4c5ccccc5n(-c5cc(C(C)(C)c6ccccc6)ccn5)c4c3)cc(C(C)(C)c3ccccc3)c2)CN1c1ccc(C(C)(C)C)cc1. The van der Waals surface area contributed by atoms with Crippen molar-refractivity contribution in [2.45, 2.75) is 85.5 Å². The Morgan fingerprint density at radius 1 is 0.460 bits per heavy atom. The average Bonchev–Trinajstić information content (AvgIpc) is 3.88. The lowest BCUT2D eigenvalue weighted by Crippen LogP contribution is -2.30. The normalized spacial score (nSPS) is 13.8. The lowest BCUT2D eigenvalue weighted by atomic mass is 9.78. The van der Waals surface area contributed by atoms with Crippen LogP contribution in [0.1, 0.15) is 97.1 Å². The third-order valence-corrected chi connectivity index (χ3v) is 13.2. The molecular weight excluding hydrogens is 769 g/mol. The summed E-state index contributed by atoms with van der Waals surface area (Å²) in [4.78, 5) is 9.84. The summed E-state index contributed by atoms with van der Waals surface area (Å²) >= 11 is 0. The maximum Gasteiger partial charge on any atom is 0.137 e. The average molecular weight is 829 g/mol. The molecule has 5 heteroatoms. The number of pyridine rings is 1. The topological polar surface area (TPSA) is 33.5 Å². The molecule has 8 aromatic rings. The van der Waals surface area contributed by atoms with Crippen molar-refractivity contribution in [2.24, 2.45) is 5.41 Å². The highest BCUT2D eigenvalue weighted by Crippen LogP contribution is 2.43. The highest BCUT2D eigenvalue weighted by molar-refractivity contribution is 6.09. The quantitative estimate of drug-likeness (QED) is 0.145. The molecule has 0 spiro atoms. The molecule has 0 radical (unpaired) electrons. The number of para-hydroxylation sites is 1. The predicted octanol–water partition coefficient (Wildman–Crippen LogP) is 15.1. The summed E-state index contributed by atoms with van der Waals surface area (Å²) in [6, 6.07) is 56.8. The van der Waals surface area contributed by atoms with Gasteiger partial charge in [-0.05, 0) is 87.8 Å². The minimum atomic E-state index is -0.297. The molecule has 63 heavy (non-hydrogen) atoms. The van der Waals surface area contributed by atoms with Gasteiger partial charge >= 0.3 is 0 Å². The van der Waals surface area contributed by atoms with E-state index in [1.807, 2.05) is 6.20 Å². The van der Waals surface area contributed by atoms with E-state index in [2.05, 4.69) is 248 Å². The smallest absolute Gasteiger partial charge is 0.137 e. The molecule has 0 fully saturated rings. The van der Waals surface area contributed by atoms with E-state index in [9.17, 15) is 0 Å². The number of hydrogen-bond donors (Lipinski definition) is 0. The van der Waals surface area contributed by atoms with Crippen molar-refractivity contribution < 1.29 is 4.74 Å². The molecule has 318 valence electrons. The van der Waals surface area contributed by atoms with Crippen LogP contribution in [0.2, 0.25) is 0 Å². The Hall–Kier alpha value is -6.59. The van der Waals surface area contributed by atoms with Gasteiger partial charge in [-0.15, -0.1) is 0 Å². The number of ether oxygens (including phenoxy) is 1. The molecule has 0 unspecified atom stereocenters. The van der Waals surface area contributed by atoms with Gasteiger partial charge in [-0.1, -0.05) is 160 Å². The van der Waals surface area contributed by atoms with Gasteiger partial charge in [0.2, 0.25) is 0 Å². The van der Waals surface area contributed by atoms with Crippen LogP contribution in [0.25, 0.3) is 27.6 Å². The second-order valence-corrected chi connectivity index (χ2v) is 20.3. The van der Waals surface area contributed by atoms with Crippen molar-refractivity contribution in [1.82, 2.24) is 9.55 Å². The first kappa shape index (κ1) is 41.7. The summed E-state index contributed by atoms with van der Waals surface area (Å²) in [5.74, 6) is 2.43. The molecule has 0 atom stereocenters. The van der Waals surface area contributed by atoms with E-state index in [0.717, 1.165) is 39.4 Å². The summed E-state index contributed by atoms with van der Waals surface area (Å²) in [5, 5.41) is 2.33. The maximum absolute atomic E-state index is 7.04. The zero-order valence-corrected chi connectivity index (χ0v) is 38.6. The van der Waals surface area contributed by atoms with E-state index < -0.39 is 0 Å². The van der Waals surface area contributed by atoms with Crippen LogP contribution < -0.4 is 14.5 Å². The number of rotatable bonds is 9. The highest BCUT2D eigenvalue weighted by atomic mass is 16.5. The van der Waals surface area contributed by atoms with Gasteiger partial charge in [-0.25, -0.2) is 4.98 Å². The van der Waals surface area contributed by atoms with Crippen LogP contribution in [0.5, 0.6) is 11.5 Å². The van der Waals surface area contributed by atoms with Crippen molar-refractivity contribution in [3.8, 4) is 17.3 Å². The van der Waals surface area contributed by atoms with Gasteiger partial charge in [0.05, 0.1) is 17.7 Å². The Morgan fingerprint density at radius 3 is 1.73 bits per heavy atom. The summed E-state index contributed by atoms with van der Waals surface area (Å²) in [6.45, 7) is 23.6. The molecule has 0 saturated carbocycles. The van der Waals surface area contributed by atoms with Crippen molar-refractivity contribution in [2.75, 3.05) is 16.5 Å². The molecule has 0 aliphatic carbocycles. The Labute approximate surface area is 374 Å². The first-order chi connectivity index (χ1) is 30.0. The first-order valence-corrected chi connectivity index (χ1v) is 22.3. The van der Waals surface area contributed by atoms with Gasteiger partial charge in [0, 0.05) is 68.6 Å². The van der Waals surface area contributed by atoms with Crippen molar-refractivity contribution in [3.05, 3.63) is 204 Å². The van der Waals surface area contributed by atoms with Crippen LogP contribution in [-0.2, 0) is 16.2 Å². The summed E-state index contributed by atoms with van der Waals surface area (Å²) in [7, 11) is 0. The highest BCUT2D eigenvalue weighted by Gasteiger charge is 2.33. The summed E-state index contributed by atoms with van der Waals surface area (Å²) in [6.07, 6.45) is 4.28. The number of anilines is 2. The minimum Gasteiger partial charge on any atom is -0.457 e. The molecule has 9 rings (SSSR count). The number of benzene rings is 6. The molecule has 6 aromatic carbocycles. The van der Waals surface area contributed by atoms with Crippen molar-refractivity contribution in [3.63, 3.8) is 0 Å². The number of fused-ring (bicyclic) bond motifs is 3. The van der Waals surface area contributed by atoms with Crippen LogP contribution in [0.15, 0.2) is 176 Å². The van der Waals surface area contributed by atoms with Crippen LogP contribution in [-0.4, -0.2) is 16.2 Å². The zero-order valence-electron chi connectivity index (χ0n) is 38.6. The molecular formula is C58H60N4O. The van der Waals surface area contributed by atoms with Crippen molar-refractivity contribution >= 4 is 33.2 Å². The van der Waals surface area contributed by atoms with E-state index >= 15 is 0 Å². The Morgan fingerprint density at radius 2 is 1.08 bits per heavy atom. The molecule has 3 heterocycles. The van der Waals surface area contributed by atoms with E-state index in [1.165, 1.54) is 44.6 Å². The van der Waals surface area contributed by atoms with Gasteiger partial charge in [-0.3, -0.25) is 4.57 Å². The lowest BCUT2D eigenvalue weighted by molar-refractivity contribution is 0.480. The molecule has 1 aliphatic rings. The Bertz CT molecular complexity index is 2960. The maximum atomic E-state index is 7.04. The van der Waals surface area contributed by atoms with E-state index in [0.29, 0.717) is 6.67 Å². The fraction of sp³-hybridized carbons (Fsp3) is 0.259. The number of aromatic nitrogens is 2. The van der Waals surface area contributed by atoms with Crippen LogP contribution in [0, 0.1) is 5.41 Å². The Kier molecular flexibility index (Phi) is 10.4. The van der Waals surface area contributed by atoms with Crippen molar-refractivity contribution in [1.29, 1.82) is 0 Å². The zero-order chi connectivity index (χ0) is 44.3. The first-order valence-electron chi connectivity index (χ1n) is 22.3. The van der Waals surface area contributed by atoms with Crippen LogP contribution in [0.3, 0.4) is 0 Å². The molecule has 1 aliphatic heterocycles. The molecule has 5 nitrogen and oxygen atoms in total. The largest absolute Gasteiger partial charge is 0.457 e. The third kappa shape index (κ3) is 7.90. The number of nitrogens with zero attached hydrogens (tertiary/aromatic N) is 4. The lowest BCUT2D eigenvalue weighted by Gasteiger charge is -2.31. The van der Waals surface area contributed by atoms with Gasteiger partial charge in [0.1, 0.15) is 17.3 Å². The van der Waals surface area contributed by atoms with Gasteiger partial charge in [0.25, 0.3) is 0 Å². The van der Waals surface area contributed by atoms with Gasteiger partial charge in [0.15, 0.2) is 0 Å². The number of allylic oxidation sites excluding steroid dienone is 1. The molecule has 2 aromatic heterocycles. The summed E-state index contributed by atoms with van der Waals surface area (Å²) in [5.41, 5.74) is 11.4. The number of hydrogen-bond acceptors (Lipinski definition) is 4. The molecule has 0 bridgehead atoms. The molecule has 0 amide bonds. The monoisotopic (exact) mass is 828 g/mol. The fourth-order valence-corrected chi connectivity index (χ4v) is 9.14. The van der Waals surface area contributed by atoms with E-state index in [1.54, 1.807) is 0 Å².